The zero-order chi connectivity index (χ0) is 25.8. The molecule has 1 N–H and O–H groups in total. The summed E-state index contributed by atoms with van der Waals surface area (Å²) in [5, 5.41) is 7.78. The van der Waals surface area contributed by atoms with E-state index >= 15 is 0 Å². The second-order valence-corrected chi connectivity index (χ2v) is 10.9. The third kappa shape index (κ3) is 6.38. The van der Waals surface area contributed by atoms with Crippen LogP contribution in [-0.2, 0) is 20.5 Å². The van der Waals surface area contributed by atoms with Gasteiger partial charge < -0.3 is 10.2 Å². The van der Waals surface area contributed by atoms with Gasteiger partial charge in [-0.15, -0.1) is 0 Å². The lowest BCUT2D eigenvalue weighted by Crippen LogP contribution is -2.41. The molecule has 0 unspecified atom stereocenters. The lowest BCUT2D eigenvalue weighted by Gasteiger charge is -2.27. The van der Waals surface area contributed by atoms with Gasteiger partial charge >= 0.3 is 0 Å². The Morgan fingerprint density at radius 2 is 1.43 bits per heavy atom. The molecule has 186 valence electrons. The highest BCUT2D eigenvalue weighted by Crippen LogP contribution is 2.29. The lowest BCUT2D eigenvalue weighted by atomic mass is 9.90. The maximum Gasteiger partial charge on any atom is 0.245 e. The Morgan fingerprint density at radius 3 is 1.86 bits per heavy atom. The first-order valence-corrected chi connectivity index (χ1v) is 12.2. The van der Waals surface area contributed by atoms with Gasteiger partial charge in [0.25, 0.3) is 0 Å². The number of aromatic nitrogens is 2. The third-order valence-electron chi connectivity index (χ3n) is 5.92. The molecule has 6 nitrogen and oxygen atoms in total. The predicted octanol–water partition coefficient (Wildman–Crippen LogP) is 5.55. The normalized spacial score (nSPS) is 12.0. The van der Waals surface area contributed by atoms with Crippen LogP contribution >= 0.6 is 0 Å². The standard InChI is InChI=1S/C29H38N4O2/c1-8-32(27(35)26(21-15-11-9-12-16-21)22-17-13-10-14-18-22)20-25(34)30-24-19-23(28(2,3)4)31-33(24)29(5,6)7/h9-19,26H,8,20H2,1-7H3,(H,30,34). The number of benzene rings is 2. The molecule has 1 aromatic heterocycles. The summed E-state index contributed by atoms with van der Waals surface area (Å²) in [5.41, 5.74) is 2.25. The minimum Gasteiger partial charge on any atom is -0.333 e. The number of nitrogens with zero attached hydrogens (tertiary/aromatic N) is 3. The van der Waals surface area contributed by atoms with Crippen molar-refractivity contribution in [1.82, 2.24) is 14.7 Å². The number of hydrogen-bond acceptors (Lipinski definition) is 3. The van der Waals surface area contributed by atoms with E-state index in [4.69, 9.17) is 5.10 Å². The average Bonchev–Trinajstić information content (AvgIpc) is 3.24. The van der Waals surface area contributed by atoms with Crippen LogP contribution < -0.4 is 5.32 Å². The van der Waals surface area contributed by atoms with Crippen molar-refractivity contribution in [1.29, 1.82) is 0 Å². The van der Waals surface area contributed by atoms with E-state index in [9.17, 15) is 9.59 Å². The molecular weight excluding hydrogens is 436 g/mol. The van der Waals surface area contributed by atoms with Gasteiger partial charge in [0.2, 0.25) is 11.8 Å². The smallest absolute Gasteiger partial charge is 0.245 e. The minimum absolute atomic E-state index is 0.0360. The van der Waals surface area contributed by atoms with E-state index in [-0.39, 0.29) is 29.3 Å². The van der Waals surface area contributed by atoms with E-state index in [2.05, 4.69) is 26.1 Å². The number of anilines is 1. The molecule has 3 aromatic rings. The third-order valence-corrected chi connectivity index (χ3v) is 5.92. The maximum absolute atomic E-state index is 13.8. The number of amides is 2. The molecule has 0 bridgehead atoms. The Kier molecular flexibility index (Phi) is 7.83. The van der Waals surface area contributed by atoms with Crippen molar-refractivity contribution in [2.45, 2.75) is 65.3 Å². The van der Waals surface area contributed by atoms with E-state index in [1.54, 1.807) is 4.90 Å². The number of hydrogen-bond donors (Lipinski definition) is 1. The molecule has 3 rings (SSSR count). The van der Waals surface area contributed by atoms with Gasteiger partial charge in [0.1, 0.15) is 5.82 Å². The maximum atomic E-state index is 13.8. The van der Waals surface area contributed by atoms with Crippen LogP contribution in [0.2, 0.25) is 0 Å². The molecular formula is C29H38N4O2. The fraction of sp³-hybridized carbons (Fsp3) is 0.414. The zero-order valence-corrected chi connectivity index (χ0v) is 22.0. The Morgan fingerprint density at radius 1 is 0.914 bits per heavy atom. The Hall–Kier alpha value is -3.41. The van der Waals surface area contributed by atoms with Crippen molar-refractivity contribution in [3.8, 4) is 0 Å². The molecule has 2 aromatic carbocycles. The van der Waals surface area contributed by atoms with Crippen molar-refractivity contribution >= 4 is 17.6 Å². The summed E-state index contributed by atoms with van der Waals surface area (Å²) in [6.45, 7) is 14.7. The van der Waals surface area contributed by atoms with E-state index in [0.29, 0.717) is 12.4 Å². The second-order valence-electron chi connectivity index (χ2n) is 10.9. The number of carbonyl (C=O) groups is 2. The molecule has 0 radical (unpaired) electrons. The molecule has 0 spiro atoms. The quantitative estimate of drug-likeness (QED) is 0.488. The topological polar surface area (TPSA) is 67.2 Å². The fourth-order valence-corrected chi connectivity index (χ4v) is 4.00. The molecule has 0 aliphatic rings. The van der Waals surface area contributed by atoms with Gasteiger partial charge in [0, 0.05) is 18.0 Å². The molecule has 1 heterocycles. The molecule has 0 saturated carbocycles. The van der Waals surface area contributed by atoms with Crippen LogP contribution in [-0.4, -0.2) is 39.6 Å². The summed E-state index contributed by atoms with van der Waals surface area (Å²) in [7, 11) is 0. The summed E-state index contributed by atoms with van der Waals surface area (Å²) < 4.78 is 1.85. The average molecular weight is 475 g/mol. The monoisotopic (exact) mass is 474 g/mol. The van der Waals surface area contributed by atoms with Crippen molar-refractivity contribution < 1.29 is 9.59 Å². The largest absolute Gasteiger partial charge is 0.333 e. The van der Waals surface area contributed by atoms with Crippen molar-refractivity contribution in [3.05, 3.63) is 83.6 Å². The summed E-state index contributed by atoms with van der Waals surface area (Å²) in [6.07, 6.45) is 0. The number of nitrogens with one attached hydrogen (secondary N) is 1. The fourth-order valence-electron chi connectivity index (χ4n) is 4.00. The van der Waals surface area contributed by atoms with Crippen LogP contribution in [0.3, 0.4) is 0 Å². The highest BCUT2D eigenvalue weighted by molar-refractivity contribution is 5.96. The molecule has 0 aliphatic carbocycles. The minimum atomic E-state index is -0.474. The van der Waals surface area contributed by atoms with Gasteiger partial charge in [-0.25, -0.2) is 4.68 Å². The van der Waals surface area contributed by atoms with Gasteiger partial charge in [-0.2, -0.15) is 5.10 Å². The van der Waals surface area contributed by atoms with Crippen molar-refractivity contribution in [2.24, 2.45) is 0 Å². The van der Waals surface area contributed by atoms with Crippen molar-refractivity contribution in [3.63, 3.8) is 0 Å². The first-order valence-electron chi connectivity index (χ1n) is 12.2. The Balaban J connectivity index is 1.85. The highest BCUT2D eigenvalue weighted by atomic mass is 16.2. The number of carbonyl (C=O) groups excluding carboxylic acids is 2. The summed E-state index contributed by atoms with van der Waals surface area (Å²) in [4.78, 5) is 28.5. The van der Waals surface area contributed by atoms with Crippen molar-refractivity contribution in [2.75, 3.05) is 18.4 Å². The van der Waals surface area contributed by atoms with Crippen LogP contribution in [0, 0.1) is 0 Å². The Labute approximate surface area is 209 Å². The van der Waals surface area contributed by atoms with Gasteiger partial charge in [0.15, 0.2) is 0 Å². The molecule has 35 heavy (non-hydrogen) atoms. The van der Waals surface area contributed by atoms with Crippen LogP contribution in [0.15, 0.2) is 66.7 Å². The molecule has 2 amide bonds. The number of rotatable bonds is 7. The first kappa shape index (κ1) is 26.2. The highest BCUT2D eigenvalue weighted by Gasteiger charge is 2.29. The van der Waals surface area contributed by atoms with Crippen LogP contribution in [0.25, 0.3) is 0 Å². The van der Waals surface area contributed by atoms with E-state index < -0.39 is 5.92 Å². The number of likely N-dealkylation sites (N-methyl/N-ethyl adjacent to an activating group) is 1. The van der Waals surface area contributed by atoms with E-state index in [1.165, 1.54) is 0 Å². The zero-order valence-electron chi connectivity index (χ0n) is 22.0. The van der Waals surface area contributed by atoms with Gasteiger partial charge in [-0.05, 0) is 38.8 Å². The molecule has 0 atom stereocenters. The van der Waals surface area contributed by atoms with Gasteiger partial charge in [-0.1, -0.05) is 81.4 Å². The molecule has 0 fully saturated rings. The predicted molar refractivity (Wildman–Crippen MR) is 142 cm³/mol. The molecule has 6 heteroatoms. The van der Waals surface area contributed by atoms with Crippen LogP contribution in [0.4, 0.5) is 5.82 Å². The van der Waals surface area contributed by atoms with Gasteiger partial charge in [-0.3, -0.25) is 9.59 Å². The molecule has 0 saturated heterocycles. The Bertz CT molecular complexity index is 1100. The van der Waals surface area contributed by atoms with Crippen LogP contribution in [0.1, 0.15) is 71.2 Å². The summed E-state index contributed by atoms with van der Waals surface area (Å²) in [5.74, 6) is -0.179. The lowest BCUT2D eigenvalue weighted by molar-refractivity contribution is -0.135. The van der Waals surface area contributed by atoms with Crippen LogP contribution in [0.5, 0.6) is 0 Å². The summed E-state index contributed by atoms with van der Waals surface area (Å²) >= 11 is 0. The first-order chi connectivity index (χ1) is 16.4. The van der Waals surface area contributed by atoms with E-state index in [1.807, 2.05) is 99.1 Å². The van der Waals surface area contributed by atoms with Gasteiger partial charge in [0.05, 0.1) is 23.7 Å². The van der Waals surface area contributed by atoms with E-state index in [0.717, 1.165) is 16.8 Å². The summed E-state index contributed by atoms with van der Waals surface area (Å²) in [6, 6.07) is 21.4. The SMILES string of the molecule is CCN(CC(=O)Nc1cc(C(C)(C)C)nn1C(C)(C)C)C(=O)C(c1ccccc1)c1ccccc1. The second kappa shape index (κ2) is 10.5. The molecule has 0 aliphatic heterocycles.